The molecule has 0 fully saturated rings. The van der Waals surface area contributed by atoms with E-state index in [4.69, 9.17) is 0 Å². The van der Waals surface area contributed by atoms with Gasteiger partial charge in [0.05, 0.1) is 64.0 Å². The van der Waals surface area contributed by atoms with Crippen molar-refractivity contribution in [3.05, 3.63) is 238 Å². The Hall–Kier alpha value is -12.8. The lowest BCUT2D eigenvalue weighted by Crippen LogP contribution is -2.52. The number of nitrogens with zero attached hydrogens (tertiary/aromatic N) is 3. The molecule has 0 bridgehead atoms. The molecule has 9 aromatic rings. The fourth-order valence-corrected chi connectivity index (χ4v) is 15.6. The van der Waals surface area contributed by atoms with Crippen molar-refractivity contribution in [3.8, 4) is 0 Å². The molecule has 3 heterocycles. The van der Waals surface area contributed by atoms with Crippen LogP contribution in [0.25, 0.3) is 32.3 Å². The predicted octanol–water partition coefficient (Wildman–Crippen LogP) is 9.82. The van der Waals surface area contributed by atoms with Crippen LogP contribution < -0.4 is 41.3 Å². The van der Waals surface area contributed by atoms with Crippen molar-refractivity contribution in [3.63, 3.8) is 0 Å². The summed E-state index contributed by atoms with van der Waals surface area (Å²) in [7, 11) is -6.88. The van der Waals surface area contributed by atoms with Gasteiger partial charge in [-0.05, 0) is 178 Å². The molecule has 9 aromatic carbocycles. The summed E-state index contributed by atoms with van der Waals surface area (Å²) in [6.45, 7) is 11.1. The molecule has 123 heavy (non-hydrogen) atoms. The molecule has 0 aliphatic carbocycles. The first kappa shape index (κ1) is 92.5. The van der Waals surface area contributed by atoms with Gasteiger partial charge in [-0.2, -0.15) is 0 Å². The number of rotatable bonds is 37. The largest absolute Gasteiger partial charge is 0.480 e. The number of hydrogen-bond acceptors (Lipinski definition) is 19. The zero-order valence-electron chi connectivity index (χ0n) is 68.7. The molecule has 3 aliphatic rings. The molecule has 30 nitrogen and oxygen atoms in total. The first-order chi connectivity index (χ1) is 58.2. The highest BCUT2D eigenvalue weighted by atomic mass is 32.2. The highest BCUT2D eigenvalue weighted by Gasteiger charge is 2.41. The maximum atomic E-state index is 13.5. The molecule has 0 spiro atoms. The van der Waals surface area contributed by atoms with Crippen molar-refractivity contribution in [2.24, 2.45) is 17.8 Å². The topological polar surface area (TPSA) is 440 Å². The fraction of sp³-hybridized carbons (Fsp3) is 0.326. The van der Waals surface area contributed by atoms with Crippen LogP contribution in [0, 0.1) is 29.4 Å². The van der Waals surface area contributed by atoms with E-state index in [0.29, 0.717) is 41.8 Å². The SMILES string of the molecule is CC(C)C[C@H](NC(CCN1C(=O)c2cc3ccccc3cc2C1=O)C(=O)O)C(=O)NCc1ccc(F)c(F)c1.CC(C)C[C@H](NC(CCN1C(=O)c2cc3ccccc3cc2C1=O)C(=O)O)C(=O)NCc1cccc(NS(C)(=O)=O)c1.CC(C)C[C@H](N[C@H](CCN1C(=O)c2cc3ccccc3cc2C1=O)C(=O)O)C(=O)NCc1ccc(NS(C)(=O)=O)cc1. The van der Waals surface area contributed by atoms with Crippen molar-refractivity contribution in [1.29, 1.82) is 0 Å². The summed E-state index contributed by atoms with van der Waals surface area (Å²) in [5.74, 6) is -9.77. The Kier molecular flexibility index (Phi) is 30.6. The van der Waals surface area contributed by atoms with Gasteiger partial charge in [0.1, 0.15) is 18.1 Å². The molecule has 0 radical (unpaired) electrons. The van der Waals surface area contributed by atoms with Crippen LogP contribution in [-0.4, -0.2) is 186 Å². The van der Waals surface area contributed by atoms with Crippen LogP contribution in [-0.2, 0) is 68.4 Å². The minimum Gasteiger partial charge on any atom is -0.480 e. The summed E-state index contributed by atoms with van der Waals surface area (Å²) in [5, 5.41) is 51.6. The maximum absolute atomic E-state index is 13.5. The van der Waals surface area contributed by atoms with Gasteiger partial charge in [0, 0.05) is 50.6 Å². The van der Waals surface area contributed by atoms with Crippen molar-refractivity contribution >= 4 is 135 Å². The summed E-state index contributed by atoms with van der Waals surface area (Å²) in [6, 6.07) is 42.2. The summed E-state index contributed by atoms with van der Waals surface area (Å²) >= 11 is 0. The number of amides is 9. The van der Waals surface area contributed by atoms with Gasteiger partial charge in [-0.1, -0.05) is 145 Å². The number of nitrogens with one attached hydrogen (secondary N) is 8. The number of sulfonamides is 2. The molecular formula is C89H97F2N11O19S2. The maximum Gasteiger partial charge on any atom is 0.320 e. The van der Waals surface area contributed by atoms with Crippen LogP contribution in [0.5, 0.6) is 0 Å². The Balaban J connectivity index is 0.000000193. The Morgan fingerprint density at radius 2 is 0.610 bits per heavy atom. The fourth-order valence-electron chi connectivity index (χ4n) is 14.5. The number of anilines is 2. The number of fused-ring (bicyclic) bond motifs is 6. The van der Waals surface area contributed by atoms with Gasteiger partial charge >= 0.3 is 17.9 Å². The third kappa shape index (κ3) is 24.8. The molecule has 0 saturated carbocycles. The molecule has 2 unspecified atom stereocenters. The Morgan fingerprint density at radius 3 is 0.886 bits per heavy atom. The van der Waals surface area contributed by atoms with Gasteiger partial charge in [-0.25, -0.2) is 25.6 Å². The first-order valence-electron chi connectivity index (χ1n) is 39.7. The number of benzene rings is 9. The van der Waals surface area contributed by atoms with Crippen molar-refractivity contribution in [2.45, 2.75) is 136 Å². The van der Waals surface area contributed by atoms with Crippen molar-refractivity contribution in [1.82, 2.24) is 46.6 Å². The summed E-state index contributed by atoms with van der Waals surface area (Å²) in [4.78, 5) is 157. The minimum atomic E-state index is -3.47. The van der Waals surface area contributed by atoms with Crippen molar-refractivity contribution in [2.75, 3.05) is 41.6 Å². The lowest BCUT2D eigenvalue weighted by molar-refractivity contribution is -0.141. The van der Waals surface area contributed by atoms with E-state index >= 15 is 0 Å². The van der Waals surface area contributed by atoms with Crippen LogP contribution in [0.2, 0.25) is 0 Å². The molecule has 0 saturated heterocycles. The molecule has 11 N–H and O–H groups in total. The average molecular weight is 1730 g/mol. The zero-order valence-corrected chi connectivity index (χ0v) is 70.3. The number of carboxylic acids is 3. The monoisotopic (exact) mass is 1730 g/mol. The van der Waals surface area contributed by atoms with E-state index in [1.807, 2.05) is 114 Å². The van der Waals surface area contributed by atoms with Crippen LogP contribution >= 0.6 is 0 Å². The summed E-state index contributed by atoms with van der Waals surface area (Å²) < 4.78 is 77.3. The van der Waals surface area contributed by atoms with Gasteiger partial charge < -0.3 is 31.3 Å². The molecule has 648 valence electrons. The molecule has 12 rings (SSSR count). The standard InChI is InChI=1S/2C30H34N4O7S.C29H29F2N3O5/c1-18(2)13-26(27(35)31-17-19-7-6-10-22(14-19)33-42(3,40)41)32-25(30(38)39)11-12-34-28(36)23-15-20-8-4-5-9-21(20)16-24(23)29(34)37;1-18(2)14-26(27(35)31-17-19-8-10-22(11-9-19)33-42(3,40)41)32-25(30(38)39)12-13-34-28(36)23-15-20-6-4-5-7-21(20)16-24(23)29(34)37;1-16(2)11-25(26(35)32-15-17-7-8-22(30)23(31)12-17)33-24(29(38)39)9-10-34-27(36)20-13-18-5-3-4-6-19(18)14-21(20)28(34)37/h4-10,14-16,18,25-26,32-33H,11-13,17H2,1-3H3,(H,31,35)(H,38,39);4-11,15-16,18,25-26,32-33H,12-14,17H2,1-3H3,(H,31,35)(H,38,39);3-8,12-14,16,24-25,33H,9-11,15H2,1-2H3,(H,32,35)(H,38,39)/t25?,26-;25-,26+;24?,25-/m010/s1. The molecule has 0 aromatic heterocycles. The molecule has 9 amide bonds. The van der Waals surface area contributed by atoms with Gasteiger partial charge in [-0.15, -0.1) is 0 Å². The van der Waals surface area contributed by atoms with Crippen LogP contribution in [0.15, 0.2) is 176 Å². The second-order valence-corrected chi connectivity index (χ2v) is 35.2. The third-order valence-electron chi connectivity index (χ3n) is 20.5. The van der Waals surface area contributed by atoms with Crippen LogP contribution in [0.1, 0.15) is 159 Å². The normalized spacial score (nSPS) is 14.6. The number of carboxylic acid groups (broad SMARTS) is 3. The number of hydrogen-bond donors (Lipinski definition) is 11. The Labute approximate surface area is 709 Å². The van der Waals surface area contributed by atoms with E-state index < -0.39 is 139 Å². The highest BCUT2D eigenvalue weighted by molar-refractivity contribution is 7.92. The van der Waals surface area contributed by atoms with E-state index in [9.17, 15) is 98.5 Å². The molecule has 6 atom stereocenters. The van der Waals surface area contributed by atoms with E-state index in [2.05, 4.69) is 41.3 Å². The van der Waals surface area contributed by atoms with Gasteiger partial charge in [-0.3, -0.25) is 97.6 Å². The lowest BCUT2D eigenvalue weighted by Gasteiger charge is -2.25. The van der Waals surface area contributed by atoms with Gasteiger partial charge in [0.15, 0.2) is 11.6 Å². The number of carbonyl (C=O) groups is 12. The number of carbonyl (C=O) groups excluding carboxylic acids is 9. The van der Waals surface area contributed by atoms with Crippen molar-refractivity contribution < 1.29 is 98.5 Å². The molecular weight excluding hydrogens is 1630 g/mol. The van der Waals surface area contributed by atoms with Crippen LogP contribution in [0.4, 0.5) is 20.2 Å². The van der Waals surface area contributed by atoms with Crippen LogP contribution in [0.3, 0.4) is 0 Å². The van der Waals surface area contributed by atoms with E-state index in [0.717, 1.165) is 77.2 Å². The van der Waals surface area contributed by atoms with E-state index in [1.165, 1.54) is 6.07 Å². The number of imide groups is 3. The number of halogens is 2. The second-order valence-electron chi connectivity index (χ2n) is 31.7. The smallest absolute Gasteiger partial charge is 0.320 e. The van der Waals surface area contributed by atoms with E-state index in [-0.39, 0.29) is 110 Å². The minimum absolute atomic E-state index is 0.0244. The Bertz CT molecular complexity index is 5650. The van der Waals surface area contributed by atoms with Gasteiger partial charge in [0.25, 0.3) is 35.4 Å². The Morgan fingerprint density at radius 1 is 0.333 bits per heavy atom. The molecule has 3 aliphatic heterocycles. The molecule has 34 heteroatoms. The third-order valence-corrected chi connectivity index (χ3v) is 21.7. The predicted molar refractivity (Wildman–Crippen MR) is 457 cm³/mol. The zero-order chi connectivity index (χ0) is 89.5. The summed E-state index contributed by atoms with van der Waals surface area (Å²) in [5.41, 5.74) is 4.14. The van der Waals surface area contributed by atoms with E-state index in [1.54, 1.807) is 84.9 Å². The quantitative estimate of drug-likeness (QED) is 0.0161. The summed E-state index contributed by atoms with van der Waals surface area (Å²) in [6.07, 6.45) is 2.78. The number of aliphatic carboxylic acids is 3. The second kappa shape index (κ2) is 40.7. The highest BCUT2D eigenvalue weighted by Crippen LogP contribution is 2.33. The first-order valence-corrected chi connectivity index (χ1v) is 43.5. The lowest BCUT2D eigenvalue weighted by atomic mass is 10.0. The van der Waals surface area contributed by atoms with Gasteiger partial charge in [0.2, 0.25) is 37.8 Å². The average Bonchev–Trinajstić information content (AvgIpc) is 1.63.